The number of aromatic nitrogens is 4. The van der Waals surface area contributed by atoms with Gasteiger partial charge >= 0.3 is 17.9 Å². The molecule has 2 saturated heterocycles. The average molecular weight is 1140 g/mol. The molecule has 0 spiro atoms. The molecule has 72 heavy (non-hydrogen) atoms. The number of thiazole rings is 4. The number of carbonyl (C=O) groups excluding carboxylic acids is 4. The Morgan fingerprint density at radius 2 is 1.33 bits per heavy atom. The maximum Gasteiger partial charge on any atom is 0.352 e. The van der Waals surface area contributed by atoms with E-state index in [0.717, 1.165) is 27.6 Å². The van der Waals surface area contributed by atoms with E-state index in [1.165, 1.54) is 89.3 Å². The second-order valence-corrected chi connectivity index (χ2v) is 24.1. The van der Waals surface area contributed by atoms with E-state index < -0.39 is 53.0 Å². The number of fused-ring (bicyclic) bond motifs is 2. The van der Waals surface area contributed by atoms with Crippen molar-refractivity contribution >= 4 is 156 Å². The van der Waals surface area contributed by atoms with Crippen molar-refractivity contribution in [3.63, 3.8) is 0 Å². The number of aliphatic carboxylic acids is 3. The number of nitrogens with zero attached hydrogens (tertiary/aromatic N) is 8. The minimum absolute atomic E-state index is 0.0423. The van der Waals surface area contributed by atoms with Crippen molar-refractivity contribution in [1.82, 2.24) is 40.4 Å². The minimum atomic E-state index is -1.31. The molecule has 4 amide bonds. The summed E-state index contributed by atoms with van der Waals surface area (Å²) in [7, 11) is 2.53. The van der Waals surface area contributed by atoms with E-state index >= 15 is 0 Å². The van der Waals surface area contributed by atoms with E-state index in [1.807, 2.05) is 0 Å². The largest absolute Gasteiger partial charge is 0.481 e. The number of hydrogen-bond donors (Lipinski definition) is 7. The first-order valence-corrected chi connectivity index (χ1v) is 28.3. The van der Waals surface area contributed by atoms with Gasteiger partial charge in [-0.3, -0.25) is 28.9 Å². The van der Waals surface area contributed by atoms with Crippen LogP contribution in [0.25, 0.3) is 0 Å². The van der Waals surface area contributed by atoms with Crippen molar-refractivity contribution in [2.75, 3.05) is 54.8 Å². The molecule has 24 nitrogen and oxygen atoms in total. The highest BCUT2D eigenvalue weighted by Gasteiger charge is 2.54. The van der Waals surface area contributed by atoms with Crippen molar-refractivity contribution in [2.24, 2.45) is 10.3 Å². The Bertz CT molecular complexity index is 3000. The lowest BCUT2D eigenvalue weighted by molar-refractivity contribution is -0.150. The summed E-state index contributed by atoms with van der Waals surface area (Å²) in [5.74, 6) is -4.62. The predicted molar refractivity (Wildman–Crippen MR) is 274 cm³/mol. The van der Waals surface area contributed by atoms with E-state index in [9.17, 15) is 43.8 Å². The molecule has 4 aliphatic rings. The normalized spacial score (nSPS) is 19.8. The Balaban J connectivity index is 0.835. The van der Waals surface area contributed by atoms with Crippen LogP contribution in [-0.4, -0.2) is 165 Å². The second kappa shape index (κ2) is 22.6. The first kappa shape index (κ1) is 52.5. The lowest BCUT2D eigenvalue weighted by Gasteiger charge is -2.52. The van der Waals surface area contributed by atoms with Crippen LogP contribution in [0.15, 0.2) is 52.3 Å². The van der Waals surface area contributed by atoms with Crippen molar-refractivity contribution in [3.05, 3.63) is 65.8 Å². The Labute approximate surface area is 440 Å². The van der Waals surface area contributed by atoms with Crippen LogP contribution in [0.3, 0.4) is 0 Å². The molecule has 0 radical (unpaired) electrons. The maximum absolute atomic E-state index is 13.6. The van der Waals surface area contributed by atoms with Crippen molar-refractivity contribution in [3.8, 4) is 0 Å². The molecule has 380 valence electrons. The highest BCUT2D eigenvalue weighted by molar-refractivity contribution is 8.02. The number of amides is 4. The van der Waals surface area contributed by atoms with Crippen molar-refractivity contribution < 1.29 is 58.6 Å². The van der Waals surface area contributed by atoms with Gasteiger partial charge in [-0.1, -0.05) is 33.8 Å². The average Bonchev–Trinajstić information content (AvgIpc) is 4.13. The number of oxime groups is 2. The summed E-state index contributed by atoms with van der Waals surface area (Å²) in [6.45, 7) is 3.73. The summed E-state index contributed by atoms with van der Waals surface area (Å²) in [6, 6.07) is -1.46. The fourth-order valence-electron chi connectivity index (χ4n) is 7.54. The van der Waals surface area contributed by atoms with Crippen LogP contribution in [0.5, 0.6) is 0 Å². The number of anilines is 2. The third-order valence-corrected chi connectivity index (χ3v) is 19.8. The standard InChI is InChI=1S/C40H40N12O12S8/c1-14-21(71-39(42-14)69-10-16-8-65-33-18(7-51(33)28(16)35(59)60)44-30(56)25(49-63-3)19-12-67-37(41)45-19)5-23(53)47-38-46-20(13-68-38)26(50-64-4)31(57)48-27-32(58)52-29(36(61)62)17(9-66-34(27)52)11-70-40-43-15(2)22(72-40)6-24(54)55/h12-13,18,27,33-34H,5-11H2,1-4H3,(H2,41,45)(H,44,56)(H,48,57)(H,54,55)(H,59,60)(H,61,62)(H,46,47,53)/b49-25-,50-26-/t18-,27-,33-,34-/m1/s1. The van der Waals surface area contributed by atoms with Gasteiger partial charge < -0.3 is 51.6 Å². The summed E-state index contributed by atoms with van der Waals surface area (Å²) in [4.78, 5) is 121. The van der Waals surface area contributed by atoms with E-state index in [2.05, 4.69) is 46.2 Å². The zero-order valence-electron chi connectivity index (χ0n) is 37.9. The van der Waals surface area contributed by atoms with Crippen LogP contribution in [0.4, 0.5) is 10.3 Å². The number of nitrogen functional groups attached to an aromatic ring is 1. The van der Waals surface area contributed by atoms with Crippen molar-refractivity contribution in [1.29, 1.82) is 0 Å². The zero-order valence-corrected chi connectivity index (χ0v) is 44.4. The number of carboxylic acid groups (broad SMARTS) is 3. The Hall–Kier alpha value is -5.77. The predicted octanol–water partition coefficient (Wildman–Crippen LogP) is 2.76. The molecule has 0 bridgehead atoms. The topological polar surface area (TPSA) is 344 Å². The summed E-state index contributed by atoms with van der Waals surface area (Å²) >= 11 is 10.1. The van der Waals surface area contributed by atoms with Gasteiger partial charge in [-0.05, 0) is 25.0 Å². The molecule has 32 heteroatoms. The summed E-state index contributed by atoms with van der Waals surface area (Å²) < 4.78 is 1.21. The lowest BCUT2D eigenvalue weighted by Crippen LogP contribution is -2.71. The second-order valence-electron chi connectivity index (χ2n) is 15.5. The first-order valence-electron chi connectivity index (χ1n) is 20.9. The molecular formula is C40H40N12O12S8. The highest BCUT2D eigenvalue weighted by atomic mass is 32.2. The lowest BCUT2D eigenvalue weighted by atomic mass is 10.0. The molecule has 8 heterocycles. The summed E-state index contributed by atoms with van der Waals surface area (Å²) in [5, 5.41) is 47.9. The number of aryl methyl sites for hydroxylation is 2. The number of hydrogen-bond acceptors (Lipinski definition) is 25. The number of thioether (sulfide) groups is 4. The Morgan fingerprint density at radius 1 is 0.778 bits per heavy atom. The summed E-state index contributed by atoms with van der Waals surface area (Å²) in [5.41, 5.74) is 8.05. The van der Waals surface area contributed by atoms with E-state index in [-0.39, 0.29) is 86.8 Å². The van der Waals surface area contributed by atoms with Gasteiger partial charge in [0.05, 0.1) is 35.6 Å². The van der Waals surface area contributed by atoms with Gasteiger partial charge in [0.15, 0.2) is 30.4 Å². The Kier molecular flexibility index (Phi) is 16.5. The molecule has 4 aromatic rings. The molecule has 4 aliphatic heterocycles. The van der Waals surface area contributed by atoms with Crippen LogP contribution in [0, 0.1) is 13.8 Å². The molecule has 0 aliphatic carbocycles. The van der Waals surface area contributed by atoms with Gasteiger partial charge in [0, 0.05) is 50.1 Å². The fourth-order valence-corrected chi connectivity index (χ4v) is 16.2. The SMILES string of the molecule is CO/N=C(\C(=O)N[C@@H]1C(=O)N2C(C(=O)O)=C(CSc3nc(C)c(CC(=O)O)s3)CS[C@H]12)c1csc(NC(=O)Cc2sc(SCC3=C(C(=O)O)N4C[C@@H](NC(=O)/C(=N\OC)c5csc(N)n5)[C@H]4SC3)nc2C)n1. The van der Waals surface area contributed by atoms with E-state index in [0.29, 0.717) is 52.5 Å². The summed E-state index contributed by atoms with van der Waals surface area (Å²) in [6.07, 6.45) is -0.233. The van der Waals surface area contributed by atoms with Gasteiger partial charge in [-0.2, -0.15) is 0 Å². The van der Waals surface area contributed by atoms with Crippen LogP contribution < -0.4 is 21.7 Å². The van der Waals surface area contributed by atoms with Gasteiger partial charge in [0.2, 0.25) is 5.91 Å². The van der Waals surface area contributed by atoms with Gasteiger partial charge in [-0.15, -0.1) is 68.9 Å². The number of nitrogens with one attached hydrogen (secondary N) is 3. The number of nitrogens with two attached hydrogens (primary N) is 1. The third-order valence-electron chi connectivity index (χ3n) is 10.8. The van der Waals surface area contributed by atoms with Crippen LogP contribution in [0.1, 0.15) is 32.5 Å². The molecule has 0 aromatic carbocycles. The highest BCUT2D eigenvalue weighted by Crippen LogP contribution is 2.43. The molecule has 0 unspecified atom stereocenters. The number of carbonyl (C=O) groups is 7. The number of β-lactam (4-membered cyclic amide) rings is 1. The molecule has 4 atom stereocenters. The van der Waals surface area contributed by atoms with E-state index in [4.69, 9.17) is 20.5 Å². The molecule has 2 fully saturated rings. The van der Waals surface area contributed by atoms with Gasteiger partial charge in [-0.25, -0.2) is 29.5 Å². The van der Waals surface area contributed by atoms with Crippen molar-refractivity contribution in [2.45, 2.75) is 58.2 Å². The molecule has 8 rings (SSSR count). The molecule has 0 saturated carbocycles. The molecular weight excluding hydrogens is 1100 g/mol. The zero-order chi connectivity index (χ0) is 51.5. The maximum atomic E-state index is 13.6. The third kappa shape index (κ3) is 11.4. The van der Waals surface area contributed by atoms with Gasteiger partial charge in [0.25, 0.3) is 17.7 Å². The minimum Gasteiger partial charge on any atom is -0.481 e. The van der Waals surface area contributed by atoms with Crippen LogP contribution in [-0.2, 0) is 56.1 Å². The number of carboxylic acids is 3. The van der Waals surface area contributed by atoms with Gasteiger partial charge in [0.1, 0.15) is 48.4 Å². The molecule has 4 aromatic heterocycles. The van der Waals surface area contributed by atoms with Crippen LogP contribution in [0.2, 0.25) is 0 Å². The van der Waals surface area contributed by atoms with E-state index in [1.54, 1.807) is 24.1 Å². The first-order chi connectivity index (χ1) is 34.4. The molecule has 8 N–H and O–H groups in total. The Morgan fingerprint density at radius 3 is 1.90 bits per heavy atom. The smallest absolute Gasteiger partial charge is 0.352 e. The fraction of sp³-hybridized carbons (Fsp3) is 0.375. The monoisotopic (exact) mass is 1140 g/mol. The van der Waals surface area contributed by atoms with Crippen LogP contribution >= 0.6 is 92.4 Å². The quantitative estimate of drug-likeness (QED) is 0.0273. The number of rotatable bonds is 21.